The normalized spacial score (nSPS) is 35.3. The molecule has 4 aromatic heterocycles. The van der Waals surface area contributed by atoms with Crippen LogP contribution in [0.5, 0.6) is 0 Å². The lowest BCUT2D eigenvalue weighted by molar-refractivity contribution is -0.0404. The fourth-order valence-electron chi connectivity index (χ4n) is 5.89. The molecule has 43 heavy (non-hydrogen) atoms. The minimum Gasteiger partial charge on any atom is -0.364 e. The van der Waals surface area contributed by atoms with Gasteiger partial charge in [0.05, 0.1) is 26.1 Å². The second-order valence-corrected chi connectivity index (χ2v) is 14.5. The molecule has 3 fully saturated rings. The molecule has 228 valence electrons. The van der Waals surface area contributed by atoms with Gasteiger partial charge >= 0.3 is 15.1 Å². The van der Waals surface area contributed by atoms with Gasteiger partial charge in [-0.2, -0.15) is 0 Å². The number of pyridine rings is 1. The van der Waals surface area contributed by atoms with Crippen molar-refractivity contribution >= 4 is 50.0 Å². The van der Waals surface area contributed by atoms with Crippen molar-refractivity contribution in [3.63, 3.8) is 0 Å². The van der Waals surface area contributed by atoms with Gasteiger partial charge in [-0.25, -0.2) is 23.9 Å². The number of ether oxygens (including phenoxy) is 1. The maximum absolute atomic E-state index is 16.0. The number of imidazole rings is 2. The summed E-state index contributed by atoms with van der Waals surface area (Å²) in [5.74, 6) is -1.18. The average molecular weight is 654 g/mol. The molecule has 9 atom stereocenters. The summed E-state index contributed by atoms with van der Waals surface area (Å²) < 4.78 is 73.5. The van der Waals surface area contributed by atoms with Gasteiger partial charge in [0.2, 0.25) is 0 Å². The maximum Gasteiger partial charge on any atom is 0.386 e. The molecule has 1 saturated carbocycles. The Balaban J connectivity index is 1.11. The number of carbonyl (C=O) groups excluding carboxylic acids is 1. The van der Waals surface area contributed by atoms with Gasteiger partial charge in [0.25, 0.3) is 5.91 Å². The Morgan fingerprint density at radius 2 is 1.95 bits per heavy atom. The van der Waals surface area contributed by atoms with E-state index in [0.29, 0.717) is 23.2 Å². The lowest BCUT2D eigenvalue weighted by Crippen LogP contribution is -2.40. The van der Waals surface area contributed by atoms with E-state index in [0.717, 1.165) is 5.56 Å². The number of nitrogens with two attached hydrogens (primary N) is 1. The van der Waals surface area contributed by atoms with Crippen LogP contribution >= 0.6 is 27.3 Å². The molecule has 2 N–H and O–H groups in total. The van der Waals surface area contributed by atoms with E-state index in [1.165, 1.54) is 23.4 Å². The van der Waals surface area contributed by atoms with Crippen LogP contribution in [0.1, 0.15) is 34.6 Å². The van der Waals surface area contributed by atoms with Crippen molar-refractivity contribution in [3.05, 3.63) is 54.6 Å². The highest BCUT2D eigenvalue weighted by atomic mass is 32.7. The number of nitrogens with zero attached hydrogens (tertiary/aromatic N) is 6. The van der Waals surface area contributed by atoms with Crippen molar-refractivity contribution in [2.24, 2.45) is 17.6 Å². The zero-order chi connectivity index (χ0) is 29.9. The number of amides is 1. The van der Waals surface area contributed by atoms with Gasteiger partial charge in [-0.1, -0.05) is 12.2 Å². The van der Waals surface area contributed by atoms with Crippen LogP contribution in [0.4, 0.5) is 4.39 Å². The van der Waals surface area contributed by atoms with E-state index in [9.17, 15) is 13.9 Å². The minimum absolute atomic E-state index is 0.0285. The molecule has 19 heteroatoms. The lowest BCUT2D eigenvalue weighted by Gasteiger charge is -2.44. The molecule has 3 aliphatic rings. The van der Waals surface area contributed by atoms with Gasteiger partial charge in [-0.15, -0.1) is 0 Å². The summed E-state index contributed by atoms with van der Waals surface area (Å²) in [4.78, 5) is 28.5. The van der Waals surface area contributed by atoms with Crippen LogP contribution in [0.3, 0.4) is 0 Å². The van der Waals surface area contributed by atoms with E-state index < -0.39 is 45.6 Å². The van der Waals surface area contributed by atoms with Crippen molar-refractivity contribution in [3.8, 4) is 0 Å². The summed E-state index contributed by atoms with van der Waals surface area (Å²) >= 11 is 4.13. The van der Waals surface area contributed by atoms with Crippen LogP contribution in [-0.2, 0) is 32.0 Å². The van der Waals surface area contributed by atoms with Crippen LogP contribution in [0.2, 0.25) is 0 Å². The summed E-state index contributed by atoms with van der Waals surface area (Å²) in [6.07, 6.45) is 2.46. The second-order valence-electron chi connectivity index (χ2n) is 10.5. The highest BCUT2D eigenvalue weighted by Crippen LogP contribution is 2.59. The molecule has 2 aliphatic heterocycles. The lowest BCUT2D eigenvalue weighted by atomic mass is 9.63. The van der Waals surface area contributed by atoms with Crippen LogP contribution in [-0.4, -0.2) is 73.0 Å². The van der Waals surface area contributed by atoms with E-state index in [1.807, 2.05) is 0 Å². The number of aromatic nitrogens is 6. The zero-order valence-corrected chi connectivity index (χ0v) is 25.0. The maximum atomic E-state index is 16.0. The van der Waals surface area contributed by atoms with E-state index in [1.54, 1.807) is 28.9 Å². The quantitative estimate of drug-likeness (QED) is 0.244. The molecule has 0 aromatic carbocycles. The highest BCUT2D eigenvalue weighted by molar-refractivity contribution is 8.44. The highest BCUT2D eigenvalue weighted by Gasteiger charge is 2.51. The van der Waals surface area contributed by atoms with Gasteiger partial charge in [-0.3, -0.25) is 27.8 Å². The molecular formula is C24H26FN7O8P2S. The number of fused-ring (bicyclic) bond motifs is 5. The van der Waals surface area contributed by atoms with Crippen molar-refractivity contribution in [1.82, 2.24) is 28.9 Å². The molecule has 1 unspecified atom stereocenters. The van der Waals surface area contributed by atoms with E-state index in [-0.39, 0.29) is 43.3 Å². The Morgan fingerprint density at radius 3 is 2.79 bits per heavy atom. The second kappa shape index (κ2) is 11.3. The largest absolute Gasteiger partial charge is 0.386 e. The van der Waals surface area contributed by atoms with Crippen molar-refractivity contribution in [2.75, 3.05) is 19.8 Å². The number of alkyl halides is 1. The smallest absolute Gasteiger partial charge is 0.364 e. The molecular weight excluding hydrogens is 627 g/mol. The van der Waals surface area contributed by atoms with Gasteiger partial charge in [0, 0.05) is 18.6 Å². The van der Waals surface area contributed by atoms with Crippen molar-refractivity contribution in [2.45, 2.75) is 36.9 Å². The summed E-state index contributed by atoms with van der Waals surface area (Å²) in [6.45, 7) is -4.51. The van der Waals surface area contributed by atoms with Gasteiger partial charge < -0.3 is 24.0 Å². The molecule has 15 nitrogen and oxygen atoms in total. The number of hydrogen-bond acceptors (Lipinski definition) is 12. The molecule has 1 aliphatic carbocycles. The summed E-state index contributed by atoms with van der Waals surface area (Å²) in [5.41, 5.74) is 7.56. The number of halogens is 1. The first-order chi connectivity index (χ1) is 20.7. The van der Waals surface area contributed by atoms with Crippen molar-refractivity contribution < 1.29 is 41.1 Å². The Kier molecular flexibility index (Phi) is 7.63. The van der Waals surface area contributed by atoms with Crippen LogP contribution in [0, 0.1) is 11.8 Å². The van der Waals surface area contributed by atoms with Gasteiger partial charge in [0.15, 0.2) is 29.2 Å². The van der Waals surface area contributed by atoms with Gasteiger partial charge in [0.1, 0.15) is 24.2 Å². The first-order valence-corrected chi connectivity index (χ1v) is 17.3. The summed E-state index contributed by atoms with van der Waals surface area (Å²) in [5, 5.41) is 0. The first-order valence-electron chi connectivity index (χ1n) is 13.3. The standard InChI is InChI=1S/C24H26FN7O8P2S/c25-18-20-17(39-24(18)32-11-29-19-22-28-3-4-31(22)10-30-23(19)32)9-37-41(34)36-8-15-13(7-38-42(35,43)40-20)5-14(15)12-1-2-27-16(6-12)21(26)33/h1-4,6,10-11,13-15,17-18,20,24,41H,5,7-9H2,(H2,26,33)(H,35,43)/t13-,14+,15-,17-,18-,20-,24-,42-/m1/s1. The third-order valence-corrected chi connectivity index (χ3v) is 10.5. The fourth-order valence-corrected chi connectivity index (χ4v) is 8.13. The third-order valence-electron chi connectivity index (χ3n) is 8.10. The Hall–Kier alpha value is -2.75. The number of rotatable bonds is 3. The molecule has 0 bridgehead atoms. The fraction of sp³-hybridized carbons (Fsp3) is 0.458. The topological polar surface area (TPSA) is 184 Å². The number of thiol groups is 1. The van der Waals surface area contributed by atoms with E-state index in [4.69, 9.17) is 28.6 Å². The van der Waals surface area contributed by atoms with Crippen LogP contribution < -0.4 is 5.73 Å². The van der Waals surface area contributed by atoms with E-state index in [2.05, 4.69) is 32.2 Å². The molecule has 0 spiro atoms. The molecule has 6 heterocycles. The predicted molar refractivity (Wildman–Crippen MR) is 150 cm³/mol. The SMILES string of the molecule is NC(=O)c1cc([C@@H]2C[C@@H]3CO[P@@](=O)(S)O[C@H]4[C@@H](F)[C@H](n5cnc6c5ncn5ccnc65)O[C@@H]4CO[PH](=O)OC[C@H]32)ccn1. The number of carbonyl (C=O) groups is 1. The van der Waals surface area contributed by atoms with Crippen LogP contribution in [0.25, 0.3) is 16.8 Å². The summed E-state index contributed by atoms with van der Waals surface area (Å²) in [7, 11) is -3.05. The minimum atomic E-state index is -4.11. The predicted octanol–water partition coefficient (Wildman–Crippen LogP) is 3.10. The zero-order valence-electron chi connectivity index (χ0n) is 22.2. The number of primary amides is 1. The Morgan fingerprint density at radius 1 is 1.12 bits per heavy atom. The molecule has 1 amide bonds. The van der Waals surface area contributed by atoms with Gasteiger partial charge in [-0.05, 0) is 41.9 Å². The summed E-state index contributed by atoms with van der Waals surface area (Å²) in [6, 6.07) is 3.36. The molecule has 4 aromatic rings. The molecule has 2 saturated heterocycles. The van der Waals surface area contributed by atoms with Crippen LogP contribution in [0.15, 0.2) is 43.4 Å². The monoisotopic (exact) mass is 653 g/mol. The average Bonchev–Trinajstić information content (AvgIpc) is 3.68. The number of hydrogen-bond donors (Lipinski definition) is 2. The Bertz CT molecular complexity index is 1780. The first kappa shape index (κ1) is 29.0. The van der Waals surface area contributed by atoms with E-state index >= 15 is 4.39 Å². The molecule has 7 rings (SSSR count). The van der Waals surface area contributed by atoms with Crippen molar-refractivity contribution in [1.29, 1.82) is 0 Å². The molecule has 0 radical (unpaired) electrons. The Labute approximate surface area is 248 Å². The third kappa shape index (κ3) is 5.42.